The summed E-state index contributed by atoms with van der Waals surface area (Å²) in [6.45, 7) is 5.94. The van der Waals surface area contributed by atoms with E-state index in [1.165, 1.54) is 0 Å². The Labute approximate surface area is 127 Å². The van der Waals surface area contributed by atoms with Crippen molar-refractivity contribution >= 4 is 13.3 Å². The van der Waals surface area contributed by atoms with Gasteiger partial charge in [0.2, 0.25) is 0 Å². The molecular formula is C16H26NO3P. The Bertz CT molecular complexity index is 482. The van der Waals surface area contributed by atoms with Gasteiger partial charge in [-0.1, -0.05) is 44.2 Å². The van der Waals surface area contributed by atoms with Crippen LogP contribution < -0.4 is 0 Å². The minimum absolute atomic E-state index is 0.300. The Morgan fingerprint density at radius 3 is 2.24 bits per heavy atom. The molecule has 0 heterocycles. The summed E-state index contributed by atoms with van der Waals surface area (Å²) in [7, 11) is -0.734. The second-order valence-corrected chi connectivity index (χ2v) is 8.60. The van der Waals surface area contributed by atoms with Gasteiger partial charge in [-0.3, -0.25) is 4.79 Å². The number of benzene rings is 1. The Morgan fingerprint density at radius 2 is 1.76 bits per heavy atom. The van der Waals surface area contributed by atoms with Gasteiger partial charge in [0.1, 0.15) is 13.3 Å². The number of rotatable bonds is 8. The van der Waals surface area contributed by atoms with Crippen molar-refractivity contribution in [1.29, 1.82) is 0 Å². The third-order valence-corrected chi connectivity index (χ3v) is 7.25. The number of nitrogens with zero attached hydrogens (tertiary/aromatic N) is 1. The standard InChI is InChI=1S/C16H26NO3P/c1-5-20-16(18)15(13-14-11-9-8-10-12-14)17(4)21(19,6-2)7-3/h8-12,15H,5-7,13H2,1-4H3. The molecule has 1 aromatic rings. The fourth-order valence-electron chi connectivity index (χ4n) is 2.37. The van der Waals surface area contributed by atoms with Crippen LogP contribution >= 0.6 is 7.29 Å². The molecule has 0 aliphatic heterocycles. The van der Waals surface area contributed by atoms with E-state index in [9.17, 15) is 9.36 Å². The highest BCUT2D eigenvalue weighted by atomic mass is 31.2. The van der Waals surface area contributed by atoms with Gasteiger partial charge in [-0.25, -0.2) is 4.67 Å². The molecule has 0 saturated carbocycles. The van der Waals surface area contributed by atoms with Crippen molar-refractivity contribution in [3.63, 3.8) is 0 Å². The Morgan fingerprint density at radius 1 is 1.19 bits per heavy atom. The zero-order chi connectivity index (χ0) is 15.9. The SMILES string of the molecule is CCOC(=O)C(Cc1ccccc1)N(C)P(=O)(CC)CC. The van der Waals surface area contributed by atoms with Crippen LogP contribution in [0.3, 0.4) is 0 Å². The number of hydrogen-bond donors (Lipinski definition) is 0. The van der Waals surface area contributed by atoms with Crippen molar-refractivity contribution in [2.45, 2.75) is 33.2 Å². The van der Waals surface area contributed by atoms with E-state index in [1.807, 2.05) is 44.2 Å². The van der Waals surface area contributed by atoms with Gasteiger partial charge in [-0.15, -0.1) is 0 Å². The summed E-state index contributed by atoms with van der Waals surface area (Å²) in [5.41, 5.74) is 1.04. The Hall–Kier alpha value is -1.12. The molecule has 0 fully saturated rings. The first-order chi connectivity index (χ1) is 9.98. The third kappa shape index (κ3) is 4.69. The molecule has 1 unspecified atom stereocenters. The minimum Gasteiger partial charge on any atom is -0.465 e. The zero-order valence-electron chi connectivity index (χ0n) is 13.4. The van der Waals surface area contributed by atoms with Crippen molar-refractivity contribution in [2.24, 2.45) is 0 Å². The molecule has 4 nitrogen and oxygen atoms in total. The molecule has 1 atom stereocenters. The van der Waals surface area contributed by atoms with Gasteiger partial charge in [-0.05, 0) is 26.0 Å². The van der Waals surface area contributed by atoms with Crippen LogP contribution in [0.15, 0.2) is 30.3 Å². The van der Waals surface area contributed by atoms with Gasteiger partial charge < -0.3 is 9.30 Å². The highest BCUT2D eigenvalue weighted by molar-refractivity contribution is 7.61. The largest absolute Gasteiger partial charge is 0.465 e. The van der Waals surface area contributed by atoms with Crippen molar-refractivity contribution < 1.29 is 14.1 Å². The monoisotopic (exact) mass is 311 g/mol. The first kappa shape index (κ1) is 17.9. The normalized spacial score (nSPS) is 13.2. The maximum absolute atomic E-state index is 12.9. The summed E-state index contributed by atoms with van der Waals surface area (Å²) >= 11 is 0. The topological polar surface area (TPSA) is 46.6 Å². The molecule has 0 saturated heterocycles. The number of hydrogen-bond acceptors (Lipinski definition) is 3. The lowest BCUT2D eigenvalue weighted by Crippen LogP contribution is -2.40. The lowest BCUT2D eigenvalue weighted by molar-refractivity contribution is -0.147. The average molecular weight is 311 g/mol. The van der Waals surface area contributed by atoms with E-state index in [0.717, 1.165) is 5.56 Å². The summed E-state index contributed by atoms with van der Waals surface area (Å²) in [5, 5.41) is 0. The quantitative estimate of drug-likeness (QED) is 0.545. The molecule has 0 aromatic heterocycles. The number of likely N-dealkylation sites (N-methyl/N-ethyl adjacent to an activating group) is 1. The Kier molecular flexibility index (Phi) is 7.13. The highest BCUT2D eigenvalue weighted by Gasteiger charge is 2.34. The summed E-state index contributed by atoms with van der Waals surface area (Å²) in [4.78, 5) is 12.3. The van der Waals surface area contributed by atoms with Gasteiger partial charge in [-0.2, -0.15) is 0 Å². The molecule has 21 heavy (non-hydrogen) atoms. The average Bonchev–Trinajstić information content (AvgIpc) is 2.52. The molecule has 0 bridgehead atoms. The summed E-state index contributed by atoms with van der Waals surface area (Å²) in [6, 6.07) is 9.27. The van der Waals surface area contributed by atoms with E-state index < -0.39 is 13.3 Å². The van der Waals surface area contributed by atoms with Crippen molar-refractivity contribution in [3.8, 4) is 0 Å². The van der Waals surface area contributed by atoms with Gasteiger partial charge in [0.05, 0.1) is 6.61 Å². The number of esters is 1. The summed E-state index contributed by atoms with van der Waals surface area (Å²) in [5.74, 6) is -0.300. The molecule has 0 spiro atoms. The predicted molar refractivity (Wildman–Crippen MR) is 87.0 cm³/mol. The van der Waals surface area contributed by atoms with Crippen molar-refractivity contribution in [3.05, 3.63) is 35.9 Å². The molecule has 0 amide bonds. The van der Waals surface area contributed by atoms with Crippen LogP contribution in [0, 0.1) is 0 Å². The molecule has 118 valence electrons. The van der Waals surface area contributed by atoms with E-state index in [4.69, 9.17) is 4.74 Å². The number of carbonyl (C=O) groups excluding carboxylic acids is 1. The molecule has 0 aliphatic rings. The molecule has 1 aromatic carbocycles. The highest BCUT2D eigenvalue weighted by Crippen LogP contribution is 2.49. The zero-order valence-corrected chi connectivity index (χ0v) is 14.3. The lowest BCUT2D eigenvalue weighted by atomic mass is 10.1. The van der Waals surface area contributed by atoms with Gasteiger partial charge in [0, 0.05) is 12.3 Å². The van der Waals surface area contributed by atoms with Gasteiger partial charge >= 0.3 is 5.97 Å². The van der Waals surface area contributed by atoms with E-state index in [1.54, 1.807) is 18.6 Å². The maximum atomic E-state index is 12.9. The molecule has 0 aliphatic carbocycles. The summed E-state index contributed by atoms with van der Waals surface area (Å²) < 4.78 is 19.8. The fourth-order valence-corrected chi connectivity index (χ4v) is 4.39. The van der Waals surface area contributed by atoms with Crippen LogP contribution in [0.5, 0.6) is 0 Å². The molecular weight excluding hydrogens is 285 g/mol. The van der Waals surface area contributed by atoms with E-state index in [0.29, 0.717) is 25.4 Å². The smallest absolute Gasteiger partial charge is 0.324 e. The van der Waals surface area contributed by atoms with Crippen LogP contribution in [0.1, 0.15) is 26.3 Å². The van der Waals surface area contributed by atoms with Crippen LogP contribution in [-0.4, -0.2) is 42.7 Å². The van der Waals surface area contributed by atoms with E-state index in [-0.39, 0.29) is 5.97 Å². The second kappa shape index (κ2) is 8.35. The van der Waals surface area contributed by atoms with Crippen LogP contribution in [0.2, 0.25) is 0 Å². The minimum atomic E-state index is -2.51. The number of ether oxygens (including phenoxy) is 1. The lowest BCUT2D eigenvalue weighted by Gasteiger charge is -2.32. The van der Waals surface area contributed by atoms with Crippen LogP contribution in [0.25, 0.3) is 0 Å². The van der Waals surface area contributed by atoms with Crippen LogP contribution in [-0.2, 0) is 20.5 Å². The molecule has 1 rings (SSSR count). The number of carbonyl (C=O) groups is 1. The molecule has 5 heteroatoms. The predicted octanol–water partition coefficient (Wildman–Crippen LogP) is 3.41. The molecule has 0 radical (unpaired) electrons. The maximum Gasteiger partial charge on any atom is 0.324 e. The molecule has 0 N–H and O–H groups in total. The van der Waals surface area contributed by atoms with E-state index in [2.05, 4.69) is 0 Å². The third-order valence-electron chi connectivity index (χ3n) is 3.84. The van der Waals surface area contributed by atoms with Gasteiger partial charge in [0.25, 0.3) is 0 Å². The van der Waals surface area contributed by atoms with Crippen molar-refractivity contribution in [2.75, 3.05) is 26.0 Å². The fraction of sp³-hybridized carbons (Fsp3) is 0.562. The first-order valence-corrected chi connectivity index (χ1v) is 9.53. The Balaban J connectivity index is 3.02. The van der Waals surface area contributed by atoms with Crippen LogP contribution in [0.4, 0.5) is 0 Å². The second-order valence-electron chi connectivity index (χ2n) is 5.01. The van der Waals surface area contributed by atoms with E-state index >= 15 is 0 Å². The van der Waals surface area contributed by atoms with Crippen molar-refractivity contribution in [1.82, 2.24) is 4.67 Å². The summed E-state index contributed by atoms with van der Waals surface area (Å²) in [6.07, 6.45) is 1.63. The van der Waals surface area contributed by atoms with Gasteiger partial charge in [0.15, 0.2) is 0 Å². The first-order valence-electron chi connectivity index (χ1n) is 7.50.